The van der Waals surface area contributed by atoms with Gasteiger partial charge < -0.3 is 9.80 Å². The highest BCUT2D eigenvalue weighted by Gasteiger charge is 2.37. The van der Waals surface area contributed by atoms with Gasteiger partial charge in [0, 0.05) is 36.7 Å². The molecule has 0 aromatic heterocycles. The van der Waals surface area contributed by atoms with E-state index in [0.717, 1.165) is 51.4 Å². The number of rotatable bonds is 17. The van der Waals surface area contributed by atoms with Gasteiger partial charge >= 0.3 is 12.1 Å². The van der Waals surface area contributed by atoms with Crippen LogP contribution >= 0.6 is 25.3 Å². The molecule has 2 unspecified atom stereocenters. The van der Waals surface area contributed by atoms with Gasteiger partial charge in [-0.05, 0) is 76.0 Å². The average Bonchev–Trinajstić information content (AvgIpc) is 3.30. The minimum atomic E-state index is -0.162. The third-order valence-electron chi connectivity index (χ3n) is 8.19. The van der Waals surface area contributed by atoms with Gasteiger partial charge in [0.1, 0.15) is 13.1 Å². The van der Waals surface area contributed by atoms with Gasteiger partial charge in [-0.3, -0.25) is 19.4 Å². The molecule has 2 saturated heterocycles. The topological polar surface area (TPSA) is 81.2 Å². The number of nitrogens with zero attached hydrogens (tertiary/aromatic N) is 4. The second-order valence-corrected chi connectivity index (χ2v) is 13.9. The summed E-state index contributed by atoms with van der Waals surface area (Å²) in [5.41, 5.74) is 0.0513. The largest absolute Gasteiger partial charge is 0.327 e. The highest BCUT2D eigenvalue weighted by Crippen LogP contribution is 2.33. The molecule has 2 aliphatic rings. The van der Waals surface area contributed by atoms with Crippen LogP contribution in [0.15, 0.2) is 0 Å². The molecular weight excluding hydrogens is 520 g/mol. The predicted molar refractivity (Wildman–Crippen MR) is 159 cm³/mol. The van der Waals surface area contributed by atoms with Crippen LogP contribution in [0.25, 0.3) is 0 Å². The number of hydrogen-bond donors (Lipinski definition) is 2. The lowest BCUT2D eigenvalue weighted by Gasteiger charge is -2.29. The van der Waals surface area contributed by atoms with E-state index in [0.29, 0.717) is 26.2 Å². The van der Waals surface area contributed by atoms with E-state index in [1.165, 1.54) is 9.80 Å². The minimum absolute atomic E-state index is 0.0256. The molecular formula is C28H50N4O4S2. The number of urea groups is 2. The van der Waals surface area contributed by atoms with Crippen LogP contribution in [-0.4, -0.2) is 93.2 Å². The Hall–Kier alpha value is -1.42. The van der Waals surface area contributed by atoms with Crippen LogP contribution in [0.1, 0.15) is 92.9 Å². The van der Waals surface area contributed by atoms with Crippen LogP contribution in [0, 0.1) is 10.8 Å². The van der Waals surface area contributed by atoms with Gasteiger partial charge in [-0.15, -0.1) is 0 Å². The molecule has 0 radical (unpaired) electrons. The summed E-state index contributed by atoms with van der Waals surface area (Å²) in [5.74, 6) is -0.187. The highest BCUT2D eigenvalue weighted by molar-refractivity contribution is 7.81. The van der Waals surface area contributed by atoms with E-state index in [4.69, 9.17) is 25.3 Å². The SMILES string of the molecule is CCN1CC(=O)N(CCC(C)(C)CCC(S)CCC(S)CCC(C)(C)CCN2C(=O)CN(CC)C2=O)C1=O. The first kappa shape index (κ1) is 32.8. The Morgan fingerprint density at radius 1 is 0.632 bits per heavy atom. The molecule has 0 saturated carbocycles. The molecule has 2 aliphatic heterocycles. The maximum Gasteiger partial charge on any atom is 0.327 e. The van der Waals surface area contributed by atoms with Crippen LogP contribution in [0.5, 0.6) is 0 Å². The average molecular weight is 571 g/mol. The Kier molecular flexibility index (Phi) is 12.3. The van der Waals surface area contributed by atoms with Crippen molar-refractivity contribution in [1.29, 1.82) is 0 Å². The fourth-order valence-electron chi connectivity index (χ4n) is 4.99. The predicted octanol–water partition coefficient (Wildman–Crippen LogP) is 5.32. The molecule has 0 bridgehead atoms. The van der Waals surface area contributed by atoms with Gasteiger partial charge in [-0.1, -0.05) is 27.7 Å². The van der Waals surface area contributed by atoms with E-state index in [1.807, 2.05) is 13.8 Å². The number of carbonyl (C=O) groups excluding carboxylic acids is 4. The van der Waals surface area contributed by atoms with Crippen molar-refractivity contribution in [2.45, 2.75) is 103 Å². The van der Waals surface area contributed by atoms with Crippen LogP contribution in [0.3, 0.4) is 0 Å². The Labute approximate surface area is 241 Å². The van der Waals surface area contributed by atoms with Gasteiger partial charge in [0.05, 0.1) is 0 Å². The molecule has 2 heterocycles. The molecule has 6 amide bonds. The third-order valence-corrected chi connectivity index (χ3v) is 9.22. The zero-order valence-corrected chi connectivity index (χ0v) is 26.2. The summed E-state index contributed by atoms with van der Waals surface area (Å²) in [7, 11) is 0. The van der Waals surface area contributed by atoms with E-state index in [9.17, 15) is 19.2 Å². The zero-order valence-electron chi connectivity index (χ0n) is 24.4. The van der Waals surface area contributed by atoms with Crippen molar-refractivity contribution >= 4 is 49.1 Å². The van der Waals surface area contributed by atoms with Crippen molar-refractivity contribution in [3.05, 3.63) is 0 Å². The monoisotopic (exact) mass is 570 g/mol. The second kappa shape index (κ2) is 14.3. The van der Waals surface area contributed by atoms with Gasteiger partial charge in [-0.25, -0.2) is 9.59 Å². The number of amides is 6. The molecule has 0 aromatic rings. The van der Waals surface area contributed by atoms with Crippen molar-refractivity contribution in [3.8, 4) is 0 Å². The Morgan fingerprint density at radius 3 is 1.26 bits per heavy atom. The normalized spacial score (nSPS) is 18.8. The Morgan fingerprint density at radius 2 is 0.974 bits per heavy atom. The molecule has 2 atom stereocenters. The number of hydrogen-bond acceptors (Lipinski definition) is 6. The van der Waals surface area contributed by atoms with E-state index in [2.05, 4.69) is 27.7 Å². The molecule has 10 heteroatoms. The van der Waals surface area contributed by atoms with Gasteiger partial charge in [0.15, 0.2) is 0 Å². The molecule has 0 aromatic carbocycles. The maximum atomic E-state index is 12.3. The lowest BCUT2D eigenvalue weighted by molar-refractivity contribution is -0.126. The van der Waals surface area contributed by atoms with Crippen LogP contribution < -0.4 is 0 Å². The Balaban J connectivity index is 1.65. The van der Waals surface area contributed by atoms with Crippen LogP contribution in [0.4, 0.5) is 9.59 Å². The summed E-state index contributed by atoms with van der Waals surface area (Å²) in [6.45, 7) is 15.1. The standard InChI is InChI=1S/C28H50N4O4S2/c1-7-29-19-23(33)31(25(29)35)17-15-27(3,4)13-11-21(37)9-10-22(38)12-14-28(5,6)16-18-32-24(34)20-30(8-2)26(32)36/h21-22,37-38H,7-20H2,1-6H3. The number of thiol groups is 2. The molecule has 2 rings (SSSR count). The quantitative estimate of drug-likeness (QED) is 0.183. The van der Waals surface area contributed by atoms with Crippen molar-refractivity contribution < 1.29 is 19.2 Å². The molecule has 218 valence electrons. The van der Waals surface area contributed by atoms with Gasteiger partial charge in [0.2, 0.25) is 11.8 Å². The van der Waals surface area contributed by atoms with E-state index in [-0.39, 0.29) is 58.3 Å². The van der Waals surface area contributed by atoms with E-state index in [1.54, 1.807) is 9.80 Å². The van der Waals surface area contributed by atoms with Crippen molar-refractivity contribution in [1.82, 2.24) is 19.6 Å². The second-order valence-electron chi connectivity index (χ2n) is 12.5. The lowest BCUT2D eigenvalue weighted by Crippen LogP contribution is -2.35. The summed E-state index contributed by atoms with van der Waals surface area (Å²) in [4.78, 5) is 54.9. The summed E-state index contributed by atoms with van der Waals surface area (Å²) >= 11 is 9.67. The van der Waals surface area contributed by atoms with Crippen LogP contribution in [-0.2, 0) is 9.59 Å². The molecule has 38 heavy (non-hydrogen) atoms. The first-order chi connectivity index (χ1) is 17.7. The lowest BCUT2D eigenvalue weighted by atomic mass is 9.82. The van der Waals surface area contributed by atoms with Crippen LogP contribution in [0.2, 0.25) is 0 Å². The number of likely N-dealkylation sites (N-methyl/N-ethyl adjacent to an activating group) is 2. The summed E-state index contributed by atoms with van der Waals surface area (Å²) in [5, 5.41) is 0.576. The smallest absolute Gasteiger partial charge is 0.315 e. The first-order valence-electron chi connectivity index (χ1n) is 14.2. The molecule has 8 nitrogen and oxygen atoms in total. The van der Waals surface area contributed by atoms with Crippen molar-refractivity contribution in [2.24, 2.45) is 10.8 Å². The molecule has 2 fully saturated rings. The third kappa shape index (κ3) is 9.65. The summed E-state index contributed by atoms with van der Waals surface area (Å²) in [6, 6.07) is -0.325. The van der Waals surface area contributed by atoms with E-state index < -0.39 is 0 Å². The molecule has 0 aliphatic carbocycles. The fraction of sp³-hybridized carbons (Fsp3) is 0.857. The highest BCUT2D eigenvalue weighted by atomic mass is 32.1. The van der Waals surface area contributed by atoms with E-state index >= 15 is 0 Å². The summed E-state index contributed by atoms with van der Waals surface area (Å²) in [6.07, 6.45) is 7.51. The van der Waals surface area contributed by atoms with Gasteiger partial charge in [-0.2, -0.15) is 25.3 Å². The Bertz CT molecular complexity index is 783. The summed E-state index contributed by atoms with van der Waals surface area (Å²) < 4.78 is 0. The van der Waals surface area contributed by atoms with Crippen molar-refractivity contribution in [3.63, 3.8) is 0 Å². The van der Waals surface area contributed by atoms with Gasteiger partial charge in [0.25, 0.3) is 0 Å². The molecule has 0 spiro atoms. The van der Waals surface area contributed by atoms with Crippen molar-refractivity contribution in [2.75, 3.05) is 39.3 Å². The first-order valence-corrected chi connectivity index (χ1v) is 15.3. The fourth-order valence-corrected chi connectivity index (χ4v) is 5.55. The minimum Gasteiger partial charge on any atom is -0.315 e. The number of imide groups is 2. The molecule has 0 N–H and O–H groups in total. The zero-order chi connectivity index (χ0) is 28.7. The number of carbonyl (C=O) groups is 4. The maximum absolute atomic E-state index is 12.3.